The van der Waals surface area contributed by atoms with Crippen LogP contribution in [0.25, 0.3) is 0 Å². The Bertz CT molecular complexity index is 895. The molecular weight excluding hydrogens is 390 g/mol. The number of carbonyl (C=O) groups is 1. The summed E-state index contributed by atoms with van der Waals surface area (Å²) in [6, 6.07) is 18.0. The van der Waals surface area contributed by atoms with Crippen LogP contribution in [-0.4, -0.2) is 36.3 Å². The first kappa shape index (κ1) is 21.3. The van der Waals surface area contributed by atoms with Crippen LogP contribution >= 0.6 is 0 Å². The number of hydrogen-bond donors (Lipinski definition) is 0. The van der Waals surface area contributed by atoms with Gasteiger partial charge in [0.2, 0.25) is 0 Å². The summed E-state index contributed by atoms with van der Waals surface area (Å²) in [5, 5.41) is 0. The lowest BCUT2D eigenvalue weighted by atomic mass is 9.84. The molecule has 2 aromatic carbocycles. The molecule has 2 aliphatic rings. The van der Waals surface area contributed by atoms with E-state index < -0.39 is 0 Å². The molecule has 2 heterocycles. The van der Waals surface area contributed by atoms with Crippen molar-refractivity contribution in [3.63, 3.8) is 0 Å². The van der Waals surface area contributed by atoms with E-state index in [2.05, 4.69) is 6.08 Å². The van der Waals surface area contributed by atoms with E-state index in [1.807, 2.05) is 66.4 Å². The summed E-state index contributed by atoms with van der Waals surface area (Å²) in [5.74, 6) is 1.57. The van der Waals surface area contributed by atoms with Gasteiger partial charge in [-0.05, 0) is 50.3 Å². The summed E-state index contributed by atoms with van der Waals surface area (Å²) in [5.41, 5.74) is 2.38. The third-order valence-corrected chi connectivity index (χ3v) is 5.96. The third kappa shape index (κ3) is 5.40. The van der Waals surface area contributed by atoms with Crippen LogP contribution in [0.5, 0.6) is 11.5 Å². The van der Waals surface area contributed by atoms with E-state index in [9.17, 15) is 4.79 Å². The van der Waals surface area contributed by atoms with Crippen LogP contribution in [-0.2, 0) is 11.3 Å². The first-order valence-corrected chi connectivity index (χ1v) is 11.3. The van der Waals surface area contributed by atoms with Gasteiger partial charge in [-0.1, -0.05) is 54.1 Å². The normalized spacial score (nSPS) is 20.0. The van der Waals surface area contributed by atoms with Gasteiger partial charge in [0.25, 0.3) is 0 Å². The molecule has 5 heteroatoms. The molecule has 4 rings (SSSR count). The maximum absolute atomic E-state index is 12.8. The zero-order chi connectivity index (χ0) is 21.5. The van der Waals surface area contributed by atoms with Crippen molar-refractivity contribution in [3.8, 4) is 11.5 Å². The van der Waals surface area contributed by atoms with Crippen LogP contribution in [0.4, 0.5) is 4.79 Å². The minimum Gasteiger partial charge on any atom is -0.490 e. The van der Waals surface area contributed by atoms with Crippen molar-refractivity contribution < 1.29 is 19.0 Å². The average Bonchev–Trinajstić information content (AvgIpc) is 2.79. The van der Waals surface area contributed by atoms with Gasteiger partial charge in [0, 0.05) is 12.5 Å². The average molecular weight is 422 g/mol. The highest BCUT2D eigenvalue weighted by atomic mass is 16.6. The van der Waals surface area contributed by atoms with Gasteiger partial charge >= 0.3 is 6.09 Å². The smallest absolute Gasteiger partial charge is 0.410 e. The number of benzene rings is 2. The van der Waals surface area contributed by atoms with Crippen molar-refractivity contribution in [1.82, 2.24) is 4.90 Å². The molecular formula is C26H31NO4. The summed E-state index contributed by atoms with van der Waals surface area (Å²) in [4.78, 5) is 14.8. The fraction of sp³-hybridized carbons (Fsp3) is 0.423. The third-order valence-electron chi connectivity index (χ3n) is 5.96. The highest BCUT2D eigenvalue weighted by molar-refractivity contribution is 5.69. The highest BCUT2D eigenvalue weighted by Crippen LogP contribution is 2.35. The summed E-state index contributed by atoms with van der Waals surface area (Å²) in [6.45, 7) is 3.51. The minimum atomic E-state index is -0.198. The largest absolute Gasteiger partial charge is 0.490 e. The Balaban J connectivity index is 1.33. The Hall–Kier alpha value is -2.95. The van der Waals surface area contributed by atoms with Crippen LogP contribution in [0.2, 0.25) is 0 Å². The van der Waals surface area contributed by atoms with E-state index in [1.165, 1.54) is 5.57 Å². The number of piperidine rings is 1. The highest BCUT2D eigenvalue weighted by Gasteiger charge is 2.37. The molecule has 31 heavy (non-hydrogen) atoms. The number of hydrogen-bond acceptors (Lipinski definition) is 4. The predicted octanol–water partition coefficient (Wildman–Crippen LogP) is 5.74. The molecule has 0 aliphatic carbocycles. The van der Waals surface area contributed by atoms with Gasteiger partial charge in [-0.3, -0.25) is 4.90 Å². The summed E-state index contributed by atoms with van der Waals surface area (Å²) >= 11 is 0. The second-order valence-electron chi connectivity index (χ2n) is 8.11. The van der Waals surface area contributed by atoms with E-state index in [4.69, 9.17) is 14.2 Å². The zero-order valence-electron chi connectivity index (χ0n) is 18.2. The standard InChI is InChI=1S/C26H31NO4/c1-2-29-24-13-6-7-14-25(24)30-16-15-21-17-22-11-8-12-23(18-21)27(22)26(28)31-19-20-9-4-3-5-10-20/h3-7,9-10,13-14,17,22-23H,2,8,11-12,15-16,18-19H2,1H3. The van der Waals surface area contributed by atoms with Crippen molar-refractivity contribution in [2.75, 3.05) is 13.2 Å². The molecule has 2 atom stereocenters. The molecule has 2 aliphatic heterocycles. The first-order valence-electron chi connectivity index (χ1n) is 11.3. The van der Waals surface area contributed by atoms with Crippen LogP contribution in [0.15, 0.2) is 66.2 Å². The molecule has 0 saturated carbocycles. The molecule has 5 nitrogen and oxygen atoms in total. The van der Waals surface area contributed by atoms with E-state index in [0.29, 0.717) is 19.8 Å². The van der Waals surface area contributed by atoms with Crippen LogP contribution < -0.4 is 9.47 Å². The lowest BCUT2D eigenvalue weighted by Gasteiger charge is -2.44. The molecule has 0 N–H and O–H groups in total. The van der Waals surface area contributed by atoms with Gasteiger partial charge in [0.05, 0.1) is 19.3 Å². The second-order valence-corrected chi connectivity index (χ2v) is 8.11. The molecule has 0 radical (unpaired) electrons. The van der Waals surface area contributed by atoms with E-state index in [0.717, 1.165) is 49.2 Å². The van der Waals surface area contributed by atoms with E-state index >= 15 is 0 Å². The SMILES string of the molecule is CCOc1ccccc1OCCC1=CC2CCCC(C1)N2C(=O)OCc1ccccc1. The quantitative estimate of drug-likeness (QED) is 0.510. The molecule has 164 valence electrons. The van der Waals surface area contributed by atoms with Gasteiger partial charge in [-0.15, -0.1) is 0 Å². The lowest BCUT2D eigenvalue weighted by Crippen LogP contribution is -2.51. The van der Waals surface area contributed by atoms with Gasteiger partial charge in [-0.2, -0.15) is 0 Å². The minimum absolute atomic E-state index is 0.126. The maximum atomic E-state index is 12.8. The summed E-state index contributed by atoms with van der Waals surface area (Å²) in [6.07, 6.45) is 7.00. The molecule has 1 saturated heterocycles. The maximum Gasteiger partial charge on any atom is 0.410 e. The van der Waals surface area contributed by atoms with Crippen molar-refractivity contribution in [2.45, 2.75) is 57.7 Å². The van der Waals surface area contributed by atoms with Crippen molar-refractivity contribution in [1.29, 1.82) is 0 Å². The van der Waals surface area contributed by atoms with Crippen molar-refractivity contribution in [3.05, 3.63) is 71.8 Å². The summed E-state index contributed by atoms with van der Waals surface area (Å²) < 4.78 is 17.3. The molecule has 2 unspecified atom stereocenters. The Morgan fingerprint density at radius 1 is 1.00 bits per heavy atom. The lowest BCUT2D eigenvalue weighted by molar-refractivity contribution is 0.0477. The second kappa shape index (κ2) is 10.4. The molecule has 2 bridgehead atoms. The molecule has 1 fully saturated rings. The monoisotopic (exact) mass is 421 g/mol. The van der Waals surface area contributed by atoms with Gasteiger partial charge < -0.3 is 14.2 Å². The number of amides is 1. The number of nitrogens with zero attached hydrogens (tertiary/aromatic N) is 1. The number of carbonyl (C=O) groups excluding carboxylic acids is 1. The van der Waals surface area contributed by atoms with Gasteiger partial charge in [0.15, 0.2) is 11.5 Å². The topological polar surface area (TPSA) is 48.0 Å². The van der Waals surface area contributed by atoms with E-state index in [-0.39, 0.29) is 18.2 Å². The van der Waals surface area contributed by atoms with Gasteiger partial charge in [-0.25, -0.2) is 4.79 Å². The molecule has 0 spiro atoms. The number of para-hydroxylation sites is 2. The number of fused-ring (bicyclic) bond motifs is 2. The van der Waals surface area contributed by atoms with Crippen molar-refractivity contribution >= 4 is 6.09 Å². The fourth-order valence-electron chi connectivity index (χ4n) is 4.52. The summed E-state index contributed by atoms with van der Waals surface area (Å²) in [7, 11) is 0. The Kier molecular flexibility index (Phi) is 7.13. The van der Waals surface area contributed by atoms with Crippen LogP contribution in [0.1, 0.15) is 44.6 Å². The molecule has 1 amide bonds. The molecule has 2 aromatic rings. The Morgan fingerprint density at radius 2 is 1.74 bits per heavy atom. The number of ether oxygens (including phenoxy) is 3. The fourth-order valence-corrected chi connectivity index (χ4v) is 4.52. The van der Waals surface area contributed by atoms with Crippen LogP contribution in [0.3, 0.4) is 0 Å². The number of rotatable bonds is 8. The van der Waals surface area contributed by atoms with E-state index in [1.54, 1.807) is 0 Å². The Morgan fingerprint density at radius 3 is 2.48 bits per heavy atom. The zero-order valence-corrected chi connectivity index (χ0v) is 18.2. The predicted molar refractivity (Wildman–Crippen MR) is 120 cm³/mol. The molecule has 0 aromatic heterocycles. The first-order chi connectivity index (χ1) is 15.2. The van der Waals surface area contributed by atoms with Crippen LogP contribution in [0, 0.1) is 0 Å². The van der Waals surface area contributed by atoms with Crippen molar-refractivity contribution in [2.24, 2.45) is 0 Å². The Labute approximate surface area is 184 Å². The van der Waals surface area contributed by atoms with Gasteiger partial charge in [0.1, 0.15) is 6.61 Å².